The van der Waals surface area contributed by atoms with Crippen LogP contribution in [0.3, 0.4) is 0 Å². The van der Waals surface area contributed by atoms with Crippen molar-refractivity contribution in [1.82, 2.24) is 14.8 Å². The fraction of sp³-hybridized carbons (Fsp3) is 0.118. The standard InChI is InChI=1S/C17H14ClFN4OS/c1-11-6-7-12(8-13(11)18)23-10-20-22-17(23)25-9-16(24)21-15-5-3-2-4-14(15)19/h2-8,10H,9H2,1H3,(H,21,24). The van der Waals surface area contributed by atoms with Crippen LogP contribution in [0.25, 0.3) is 5.69 Å². The quantitative estimate of drug-likeness (QED) is 0.681. The van der Waals surface area contributed by atoms with Crippen LogP contribution in [0.5, 0.6) is 0 Å². The van der Waals surface area contributed by atoms with Gasteiger partial charge in [-0.25, -0.2) is 4.39 Å². The summed E-state index contributed by atoms with van der Waals surface area (Å²) in [5.74, 6) is -0.725. The van der Waals surface area contributed by atoms with E-state index in [1.54, 1.807) is 23.0 Å². The Balaban J connectivity index is 1.68. The van der Waals surface area contributed by atoms with Gasteiger partial charge in [0, 0.05) is 5.02 Å². The maximum Gasteiger partial charge on any atom is 0.234 e. The van der Waals surface area contributed by atoms with Gasteiger partial charge in [0.1, 0.15) is 12.1 Å². The minimum absolute atomic E-state index is 0.0760. The Morgan fingerprint density at radius 1 is 1.32 bits per heavy atom. The molecule has 0 unspecified atom stereocenters. The average molecular weight is 377 g/mol. The summed E-state index contributed by atoms with van der Waals surface area (Å²) in [7, 11) is 0. The Morgan fingerprint density at radius 3 is 2.88 bits per heavy atom. The molecule has 0 atom stereocenters. The molecule has 2 aromatic carbocycles. The first-order valence-corrected chi connectivity index (χ1v) is 8.74. The van der Waals surface area contributed by atoms with Crippen LogP contribution in [0.1, 0.15) is 5.56 Å². The Kier molecular flexibility index (Phi) is 5.35. The maximum atomic E-state index is 13.6. The maximum absolute atomic E-state index is 13.6. The highest BCUT2D eigenvalue weighted by Crippen LogP contribution is 2.24. The molecule has 8 heteroatoms. The van der Waals surface area contributed by atoms with Crippen molar-refractivity contribution < 1.29 is 9.18 Å². The lowest BCUT2D eigenvalue weighted by atomic mass is 10.2. The number of nitrogens with zero attached hydrogens (tertiary/aromatic N) is 3. The van der Waals surface area contributed by atoms with Crippen LogP contribution in [-0.2, 0) is 4.79 Å². The van der Waals surface area contributed by atoms with Gasteiger partial charge in [-0.1, -0.05) is 41.6 Å². The number of rotatable bonds is 5. The van der Waals surface area contributed by atoms with Crippen molar-refractivity contribution in [2.75, 3.05) is 11.1 Å². The number of hydrogen-bond acceptors (Lipinski definition) is 4. The van der Waals surface area contributed by atoms with E-state index in [0.717, 1.165) is 11.3 Å². The Morgan fingerprint density at radius 2 is 2.12 bits per heavy atom. The third kappa shape index (κ3) is 4.18. The molecule has 0 aliphatic heterocycles. The second-order valence-corrected chi connectivity index (χ2v) is 6.58. The highest BCUT2D eigenvalue weighted by atomic mass is 35.5. The summed E-state index contributed by atoms with van der Waals surface area (Å²) in [6.07, 6.45) is 1.55. The second kappa shape index (κ2) is 7.67. The van der Waals surface area contributed by atoms with E-state index in [9.17, 15) is 9.18 Å². The number of amides is 1. The van der Waals surface area contributed by atoms with Gasteiger partial charge in [0.25, 0.3) is 0 Å². The van der Waals surface area contributed by atoms with Crippen LogP contribution >= 0.6 is 23.4 Å². The average Bonchev–Trinajstić information content (AvgIpc) is 3.06. The molecule has 0 saturated carbocycles. The number of halogens is 2. The number of aryl methyl sites for hydroxylation is 1. The first-order valence-electron chi connectivity index (χ1n) is 7.38. The lowest BCUT2D eigenvalue weighted by Crippen LogP contribution is -2.15. The number of thioether (sulfide) groups is 1. The van der Waals surface area contributed by atoms with Crippen molar-refractivity contribution in [3.8, 4) is 5.69 Å². The van der Waals surface area contributed by atoms with Gasteiger partial charge < -0.3 is 5.32 Å². The number of carbonyl (C=O) groups is 1. The van der Waals surface area contributed by atoms with Crippen molar-refractivity contribution in [3.63, 3.8) is 0 Å². The first kappa shape index (κ1) is 17.4. The van der Waals surface area contributed by atoms with Crippen molar-refractivity contribution in [3.05, 3.63) is 65.2 Å². The Bertz CT molecular complexity index is 915. The third-order valence-electron chi connectivity index (χ3n) is 3.43. The zero-order valence-corrected chi connectivity index (χ0v) is 14.8. The minimum atomic E-state index is -0.474. The molecule has 0 aliphatic rings. The van der Waals surface area contributed by atoms with Gasteiger partial charge in [0.05, 0.1) is 17.1 Å². The van der Waals surface area contributed by atoms with Crippen molar-refractivity contribution in [2.45, 2.75) is 12.1 Å². The van der Waals surface area contributed by atoms with Gasteiger partial charge in [-0.05, 0) is 36.8 Å². The number of para-hydroxylation sites is 1. The monoisotopic (exact) mass is 376 g/mol. The van der Waals surface area contributed by atoms with E-state index in [2.05, 4.69) is 15.5 Å². The minimum Gasteiger partial charge on any atom is -0.323 e. The van der Waals surface area contributed by atoms with E-state index in [0.29, 0.717) is 10.2 Å². The number of benzene rings is 2. The van der Waals surface area contributed by atoms with E-state index in [-0.39, 0.29) is 17.3 Å². The molecule has 0 spiro atoms. The summed E-state index contributed by atoms with van der Waals surface area (Å²) >= 11 is 7.36. The lowest BCUT2D eigenvalue weighted by Gasteiger charge is -2.08. The van der Waals surface area contributed by atoms with Crippen LogP contribution in [0.15, 0.2) is 53.9 Å². The highest BCUT2D eigenvalue weighted by molar-refractivity contribution is 7.99. The van der Waals surface area contributed by atoms with E-state index < -0.39 is 5.82 Å². The van der Waals surface area contributed by atoms with Crippen LogP contribution in [0.4, 0.5) is 10.1 Å². The molecule has 0 bridgehead atoms. The molecule has 3 rings (SSSR count). The molecule has 1 aromatic heterocycles. The molecular weight excluding hydrogens is 363 g/mol. The predicted octanol–water partition coefficient (Wildman–Crippen LogP) is 4.10. The number of anilines is 1. The second-order valence-electron chi connectivity index (χ2n) is 5.23. The SMILES string of the molecule is Cc1ccc(-n2cnnc2SCC(=O)Nc2ccccc2F)cc1Cl. The fourth-order valence-electron chi connectivity index (χ4n) is 2.11. The number of hydrogen-bond donors (Lipinski definition) is 1. The highest BCUT2D eigenvalue weighted by Gasteiger charge is 2.12. The molecule has 0 fully saturated rings. The summed E-state index contributed by atoms with van der Waals surface area (Å²) in [6.45, 7) is 1.92. The van der Waals surface area contributed by atoms with E-state index in [4.69, 9.17) is 11.6 Å². The van der Waals surface area contributed by atoms with Gasteiger partial charge in [0.15, 0.2) is 5.16 Å². The van der Waals surface area contributed by atoms with E-state index >= 15 is 0 Å². The zero-order valence-electron chi connectivity index (χ0n) is 13.2. The molecule has 1 heterocycles. The number of carbonyl (C=O) groups excluding carboxylic acids is 1. The van der Waals surface area contributed by atoms with Gasteiger partial charge in [-0.3, -0.25) is 9.36 Å². The van der Waals surface area contributed by atoms with Gasteiger partial charge in [-0.15, -0.1) is 10.2 Å². The number of aromatic nitrogens is 3. The molecule has 0 saturated heterocycles. The van der Waals surface area contributed by atoms with Crippen LogP contribution in [0, 0.1) is 12.7 Å². The predicted molar refractivity (Wildman–Crippen MR) is 96.9 cm³/mol. The van der Waals surface area contributed by atoms with Crippen molar-refractivity contribution >= 4 is 35.0 Å². The fourth-order valence-corrected chi connectivity index (χ4v) is 3.01. The van der Waals surface area contributed by atoms with Crippen LogP contribution in [0.2, 0.25) is 5.02 Å². The largest absolute Gasteiger partial charge is 0.323 e. The summed E-state index contributed by atoms with van der Waals surface area (Å²) in [5.41, 5.74) is 1.93. The summed E-state index contributed by atoms with van der Waals surface area (Å²) in [4.78, 5) is 12.0. The Labute approximate surface area is 153 Å². The van der Waals surface area contributed by atoms with Crippen LogP contribution in [-0.4, -0.2) is 26.4 Å². The zero-order chi connectivity index (χ0) is 17.8. The normalized spacial score (nSPS) is 10.7. The topological polar surface area (TPSA) is 59.8 Å². The molecule has 128 valence electrons. The molecule has 3 aromatic rings. The van der Waals surface area contributed by atoms with Gasteiger partial charge in [-0.2, -0.15) is 0 Å². The van der Waals surface area contributed by atoms with Gasteiger partial charge >= 0.3 is 0 Å². The molecule has 0 radical (unpaired) electrons. The van der Waals surface area contributed by atoms with E-state index in [1.165, 1.54) is 23.9 Å². The van der Waals surface area contributed by atoms with E-state index in [1.807, 2.05) is 25.1 Å². The molecule has 1 amide bonds. The molecule has 0 aliphatic carbocycles. The molecule has 1 N–H and O–H groups in total. The summed E-state index contributed by atoms with van der Waals surface area (Å²) in [6, 6.07) is 11.6. The molecule has 25 heavy (non-hydrogen) atoms. The Hall–Kier alpha value is -2.38. The molecular formula is C17H14ClFN4OS. The molecule has 5 nitrogen and oxygen atoms in total. The third-order valence-corrected chi connectivity index (χ3v) is 4.78. The summed E-state index contributed by atoms with van der Waals surface area (Å²) < 4.78 is 15.3. The first-order chi connectivity index (χ1) is 12.0. The van der Waals surface area contributed by atoms with Crippen molar-refractivity contribution in [2.24, 2.45) is 0 Å². The van der Waals surface area contributed by atoms with Crippen molar-refractivity contribution in [1.29, 1.82) is 0 Å². The summed E-state index contributed by atoms with van der Waals surface area (Å²) in [5, 5.41) is 11.6. The van der Waals surface area contributed by atoms with Gasteiger partial charge in [0.2, 0.25) is 5.91 Å². The smallest absolute Gasteiger partial charge is 0.234 e. The van der Waals surface area contributed by atoms with Crippen LogP contribution < -0.4 is 5.32 Å². The lowest BCUT2D eigenvalue weighted by molar-refractivity contribution is -0.113. The number of nitrogens with one attached hydrogen (secondary N) is 1.